The van der Waals surface area contributed by atoms with E-state index >= 15 is 0 Å². The monoisotopic (exact) mass is 665 g/mol. The highest BCUT2D eigenvalue weighted by molar-refractivity contribution is 5.86. The lowest BCUT2D eigenvalue weighted by molar-refractivity contribution is -0.137. The standard InChI is InChI=1S/C31H38F3N3O3.3ClH/c1-22(36-21-30(38)25-4-3-5-26(19-25)31(32,33)34)18-23-6-10-28(11-7-23)40-17-16-37-15-14-35-20-29(37)24-8-12-27(39-2)13-9-24;;;/h3-13,19,22,29-30,35-36,38H,14-18,20-21H2,1-2H3;3*1H. The Labute approximate surface area is 270 Å². The molecule has 3 N–H and O–H groups in total. The third-order valence-electron chi connectivity index (χ3n) is 7.23. The molecule has 3 aromatic carbocycles. The van der Waals surface area contributed by atoms with Crippen molar-refractivity contribution in [2.75, 3.05) is 46.4 Å². The van der Waals surface area contributed by atoms with Gasteiger partial charge in [-0.25, -0.2) is 0 Å². The smallest absolute Gasteiger partial charge is 0.416 e. The molecule has 0 radical (unpaired) electrons. The molecule has 240 valence electrons. The molecule has 0 saturated carbocycles. The van der Waals surface area contributed by atoms with Crippen LogP contribution in [0.5, 0.6) is 11.5 Å². The zero-order valence-electron chi connectivity index (χ0n) is 24.2. The predicted octanol–water partition coefficient (Wildman–Crippen LogP) is 6.26. The van der Waals surface area contributed by atoms with Crippen LogP contribution >= 0.6 is 37.2 Å². The van der Waals surface area contributed by atoms with Crippen LogP contribution in [-0.4, -0.2) is 62.5 Å². The lowest BCUT2D eigenvalue weighted by atomic mass is 10.0. The molecule has 4 rings (SSSR count). The summed E-state index contributed by atoms with van der Waals surface area (Å²) in [6, 6.07) is 21.3. The molecule has 0 bridgehead atoms. The maximum Gasteiger partial charge on any atom is 0.416 e. The number of ether oxygens (including phenoxy) is 2. The summed E-state index contributed by atoms with van der Waals surface area (Å²) in [6.07, 6.45) is -4.75. The number of nitrogens with one attached hydrogen (secondary N) is 2. The second-order valence-corrected chi connectivity index (χ2v) is 10.2. The molecule has 1 aliphatic rings. The maximum atomic E-state index is 13.0. The molecular weight excluding hydrogens is 626 g/mol. The van der Waals surface area contributed by atoms with Gasteiger partial charge in [-0.2, -0.15) is 13.2 Å². The van der Waals surface area contributed by atoms with E-state index in [0.29, 0.717) is 13.0 Å². The number of rotatable bonds is 12. The number of alkyl halides is 3. The molecule has 1 heterocycles. The second kappa shape index (κ2) is 18.5. The van der Waals surface area contributed by atoms with E-state index in [1.807, 2.05) is 43.3 Å². The molecule has 3 aromatic rings. The van der Waals surface area contributed by atoms with Crippen LogP contribution in [0.1, 0.15) is 41.3 Å². The highest BCUT2D eigenvalue weighted by Crippen LogP contribution is 2.31. The Morgan fingerprint density at radius 3 is 2.33 bits per heavy atom. The quantitative estimate of drug-likeness (QED) is 0.212. The molecule has 3 unspecified atom stereocenters. The van der Waals surface area contributed by atoms with E-state index in [1.54, 1.807) is 7.11 Å². The van der Waals surface area contributed by atoms with Crippen LogP contribution in [0.3, 0.4) is 0 Å². The van der Waals surface area contributed by atoms with E-state index < -0.39 is 17.8 Å². The van der Waals surface area contributed by atoms with E-state index in [0.717, 1.165) is 55.4 Å². The fourth-order valence-electron chi connectivity index (χ4n) is 4.95. The zero-order chi connectivity index (χ0) is 28.5. The number of hydrogen-bond acceptors (Lipinski definition) is 6. The van der Waals surface area contributed by atoms with Gasteiger partial charge in [0.15, 0.2) is 0 Å². The average Bonchev–Trinajstić information content (AvgIpc) is 2.97. The summed E-state index contributed by atoms with van der Waals surface area (Å²) in [5, 5.41) is 17.1. The molecule has 0 aliphatic carbocycles. The van der Waals surface area contributed by atoms with Gasteiger partial charge in [-0.3, -0.25) is 4.90 Å². The Kier molecular flexibility index (Phi) is 16.7. The fraction of sp³-hybridized carbons (Fsp3) is 0.419. The second-order valence-electron chi connectivity index (χ2n) is 10.2. The van der Waals surface area contributed by atoms with Gasteiger partial charge in [-0.15, -0.1) is 37.2 Å². The van der Waals surface area contributed by atoms with Gasteiger partial charge >= 0.3 is 6.18 Å². The van der Waals surface area contributed by atoms with Crippen molar-refractivity contribution in [2.24, 2.45) is 0 Å². The van der Waals surface area contributed by atoms with Gasteiger partial charge < -0.3 is 25.2 Å². The summed E-state index contributed by atoms with van der Waals surface area (Å²) in [5.41, 5.74) is 1.83. The molecule has 3 atom stereocenters. The summed E-state index contributed by atoms with van der Waals surface area (Å²) in [6.45, 7) is 6.33. The summed E-state index contributed by atoms with van der Waals surface area (Å²) in [4.78, 5) is 2.44. The third kappa shape index (κ3) is 11.6. The Balaban J connectivity index is 0.00000308. The Morgan fingerprint density at radius 2 is 1.67 bits per heavy atom. The van der Waals surface area contributed by atoms with Crippen molar-refractivity contribution >= 4 is 37.2 Å². The van der Waals surface area contributed by atoms with Gasteiger partial charge in [0.1, 0.15) is 18.1 Å². The number of halogens is 6. The van der Waals surface area contributed by atoms with E-state index in [1.165, 1.54) is 17.7 Å². The van der Waals surface area contributed by atoms with E-state index in [2.05, 4.69) is 27.7 Å². The van der Waals surface area contributed by atoms with E-state index in [4.69, 9.17) is 9.47 Å². The number of piperazine rings is 1. The van der Waals surface area contributed by atoms with Crippen LogP contribution in [-0.2, 0) is 12.6 Å². The van der Waals surface area contributed by atoms with Gasteiger partial charge in [0, 0.05) is 44.8 Å². The molecule has 1 saturated heterocycles. The number of aliphatic hydroxyl groups is 1. The van der Waals surface area contributed by atoms with Crippen LogP contribution in [0.2, 0.25) is 0 Å². The van der Waals surface area contributed by atoms with Crippen molar-refractivity contribution in [1.82, 2.24) is 15.5 Å². The molecule has 0 amide bonds. The van der Waals surface area contributed by atoms with Gasteiger partial charge in [0.2, 0.25) is 0 Å². The minimum Gasteiger partial charge on any atom is -0.497 e. The number of nitrogens with zero attached hydrogens (tertiary/aromatic N) is 1. The lowest BCUT2D eigenvalue weighted by Gasteiger charge is -2.36. The Bertz CT molecular complexity index is 1200. The van der Waals surface area contributed by atoms with Crippen molar-refractivity contribution in [3.63, 3.8) is 0 Å². The Hall–Kier alpha value is -2.24. The van der Waals surface area contributed by atoms with Crippen LogP contribution in [0.15, 0.2) is 72.8 Å². The number of aliphatic hydroxyl groups excluding tert-OH is 1. The summed E-state index contributed by atoms with van der Waals surface area (Å²) in [5.74, 6) is 1.66. The minimum absolute atomic E-state index is 0. The van der Waals surface area contributed by atoms with Gasteiger partial charge in [0.25, 0.3) is 0 Å². The van der Waals surface area contributed by atoms with Gasteiger partial charge in [-0.1, -0.05) is 36.4 Å². The molecule has 1 aliphatic heterocycles. The highest BCUT2D eigenvalue weighted by atomic mass is 35.5. The maximum absolute atomic E-state index is 13.0. The molecule has 6 nitrogen and oxygen atoms in total. The minimum atomic E-state index is -4.43. The lowest BCUT2D eigenvalue weighted by Crippen LogP contribution is -2.47. The highest BCUT2D eigenvalue weighted by Gasteiger charge is 2.31. The normalized spacial score (nSPS) is 16.6. The number of hydrogen-bond donors (Lipinski definition) is 3. The summed E-state index contributed by atoms with van der Waals surface area (Å²) in [7, 11) is 1.67. The van der Waals surface area contributed by atoms with Gasteiger partial charge in [0.05, 0.1) is 18.8 Å². The molecule has 0 spiro atoms. The largest absolute Gasteiger partial charge is 0.497 e. The molecule has 12 heteroatoms. The predicted molar refractivity (Wildman–Crippen MR) is 171 cm³/mol. The van der Waals surface area contributed by atoms with Crippen molar-refractivity contribution in [2.45, 2.75) is 37.7 Å². The number of benzene rings is 3. The van der Waals surface area contributed by atoms with Crippen LogP contribution in [0.4, 0.5) is 13.2 Å². The third-order valence-corrected chi connectivity index (χ3v) is 7.23. The van der Waals surface area contributed by atoms with Gasteiger partial charge in [-0.05, 0) is 66.4 Å². The first kappa shape index (κ1) is 38.8. The van der Waals surface area contributed by atoms with Crippen LogP contribution in [0, 0.1) is 0 Å². The SMILES string of the molecule is COc1ccc(C2CNCCN2CCOc2ccc(CC(C)NCC(O)c3cccc(C(F)(F)F)c3)cc2)cc1.Cl.Cl.Cl. The van der Waals surface area contributed by atoms with Crippen LogP contribution < -0.4 is 20.1 Å². The van der Waals surface area contributed by atoms with Crippen molar-refractivity contribution in [1.29, 1.82) is 0 Å². The topological polar surface area (TPSA) is 66.0 Å². The zero-order valence-corrected chi connectivity index (χ0v) is 26.6. The van der Waals surface area contributed by atoms with E-state index in [9.17, 15) is 18.3 Å². The average molecular weight is 667 g/mol. The molecule has 43 heavy (non-hydrogen) atoms. The van der Waals surface area contributed by atoms with Crippen molar-refractivity contribution < 1.29 is 27.8 Å². The summed E-state index contributed by atoms with van der Waals surface area (Å²) < 4.78 is 50.2. The first-order valence-corrected chi connectivity index (χ1v) is 13.6. The van der Waals surface area contributed by atoms with Crippen molar-refractivity contribution in [3.05, 3.63) is 95.1 Å². The summed E-state index contributed by atoms with van der Waals surface area (Å²) >= 11 is 0. The fourth-order valence-corrected chi connectivity index (χ4v) is 4.95. The molecule has 0 aromatic heterocycles. The van der Waals surface area contributed by atoms with Crippen LogP contribution in [0.25, 0.3) is 0 Å². The van der Waals surface area contributed by atoms with E-state index in [-0.39, 0.29) is 61.4 Å². The van der Waals surface area contributed by atoms with Crippen molar-refractivity contribution in [3.8, 4) is 11.5 Å². The first-order chi connectivity index (χ1) is 19.2. The molecular formula is C31H41Cl3F3N3O3. The Morgan fingerprint density at radius 1 is 1.00 bits per heavy atom. The molecule has 1 fully saturated rings. The first-order valence-electron chi connectivity index (χ1n) is 13.6. The number of methoxy groups -OCH3 is 1.